The minimum absolute atomic E-state index is 0.0556. The van der Waals surface area contributed by atoms with Gasteiger partial charge in [0.25, 0.3) is 0 Å². The van der Waals surface area contributed by atoms with Gasteiger partial charge in [0, 0.05) is 18.0 Å². The molecule has 0 spiro atoms. The fourth-order valence-electron chi connectivity index (χ4n) is 1.24. The van der Waals surface area contributed by atoms with Crippen LogP contribution in [-0.2, 0) is 6.42 Å². The van der Waals surface area contributed by atoms with Crippen LogP contribution in [-0.4, -0.2) is 10.8 Å². The van der Waals surface area contributed by atoms with Gasteiger partial charge in [-0.15, -0.1) is 0 Å². The molecule has 0 bridgehead atoms. The third-order valence-electron chi connectivity index (χ3n) is 1.94. The number of ketones is 1. The van der Waals surface area contributed by atoms with Crippen molar-refractivity contribution in [2.75, 3.05) is 0 Å². The highest BCUT2D eigenvalue weighted by Gasteiger charge is 2.09. The van der Waals surface area contributed by atoms with Gasteiger partial charge in [-0.2, -0.15) is 0 Å². The van der Waals surface area contributed by atoms with E-state index in [1.807, 2.05) is 0 Å². The van der Waals surface area contributed by atoms with Crippen molar-refractivity contribution in [3.63, 3.8) is 0 Å². The SMILES string of the molecule is O=C(Cc1ccco1)c1cncc(Cl)c1. The number of halogens is 1. The second-order valence-corrected chi connectivity index (χ2v) is 3.51. The molecule has 0 aliphatic rings. The van der Waals surface area contributed by atoms with Gasteiger partial charge in [-0.25, -0.2) is 0 Å². The second kappa shape index (κ2) is 4.28. The predicted molar refractivity (Wildman–Crippen MR) is 56.0 cm³/mol. The summed E-state index contributed by atoms with van der Waals surface area (Å²) >= 11 is 5.73. The first kappa shape index (κ1) is 9.93. The van der Waals surface area contributed by atoms with Crippen LogP contribution < -0.4 is 0 Å². The van der Waals surface area contributed by atoms with E-state index in [9.17, 15) is 4.79 Å². The van der Waals surface area contributed by atoms with Gasteiger partial charge in [-0.3, -0.25) is 9.78 Å². The molecular weight excluding hydrogens is 214 g/mol. The summed E-state index contributed by atoms with van der Waals surface area (Å²) in [6.45, 7) is 0. The summed E-state index contributed by atoms with van der Waals surface area (Å²) in [5.74, 6) is 0.583. The lowest BCUT2D eigenvalue weighted by Crippen LogP contribution is -2.03. The fraction of sp³-hybridized carbons (Fsp3) is 0.0909. The average Bonchev–Trinajstić information content (AvgIpc) is 2.70. The molecule has 0 atom stereocenters. The van der Waals surface area contributed by atoms with Gasteiger partial charge in [-0.05, 0) is 18.2 Å². The standard InChI is InChI=1S/C11H8ClNO2/c12-9-4-8(6-13-7-9)11(14)5-10-2-1-3-15-10/h1-4,6-7H,5H2. The maximum absolute atomic E-state index is 11.7. The minimum atomic E-state index is -0.0556. The molecule has 15 heavy (non-hydrogen) atoms. The van der Waals surface area contributed by atoms with Gasteiger partial charge in [0.05, 0.1) is 17.7 Å². The van der Waals surface area contributed by atoms with Crippen molar-refractivity contribution in [3.8, 4) is 0 Å². The molecule has 76 valence electrons. The smallest absolute Gasteiger partial charge is 0.171 e. The Labute approximate surface area is 91.7 Å². The number of hydrogen-bond acceptors (Lipinski definition) is 3. The number of pyridine rings is 1. The molecule has 0 aromatic carbocycles. The zero-order valence-corrected chi connectivity index (χ0v) is 8.57. The predicted octanol–water partition coefficient (Wildman–Crippen LogP) is 2.75. The Morgan fingerprint density at radius 1 is 1.47 bits per heavy atom. The number of Topliss-reactive ketones (excluding diaryl/α,β-unsaturated/α-hetero) is 1. The Hall–Kier alpha value is -1.61. The maximum Gasteiger partial charge on any atom is 0.171 e. The number of hydrogen-bond donors (Lipinski definition) is 0. The summed E-state index contributed by atoms with van der Waals surface area (Å²) < 4.78 is 5.08. The zero-order chi connectivity index (χ0) is 10.7. The summed E-state index contributed by atoms with van der Waals surface area (Å²) in [5.41, 5.74) is 0.499. The van der Waals surface area contributed by atoms with Gasteiger partial charge in [0.15, 0.2) is 5.78 Å². The Bertz CT molecular complexity index is 465. The molecule has 0 amide bonds. The Morgan fingerprint density at radius 2 is 2.33 bits per heavy atom. The quantitative estimate of drug-likeness (QED) is 0.749. The lowest BCUT2D eigenvalue weighted by atomic mass is 10.1. The van der Waals surface area contributed by atoms with E-state index in [4.69, 9.17) is 16.0 Å². The van der Waals surface area contributed by atoms with Crippen molar-refractivity contribution in [3.05, 3.63) is 53.2 Å². The molecule has 0 saturated carbocycles. The highest BCUT2D eigenvalue weighted by atomic mass is 35.5. The van der Waals surface area contributed by atoms with E-state index >= 15 is 0 Å². The number of furan rings is 1. The van der Waals surface area contributed by atoms with Crippen LogP contribution in [0.2, 0.25) is 5.02 Å². The lowest BCUT2D eigenvalue weighted by Gasteiger charge is -1.98. The maximum atomic E-state index is 11.7. The molecule has 0 saturated heterocycles. The van der Waals surface area contributed by atoms with E-state index in [0.717, 1.165) is 0 Å². The number of rotatable bonds is 3. The van der Waals surface area contributed by atoms with E-state index in [2.05, 4.69) is 4.98 Å². The molecule has 0 fully saturated rings. The van der Waals surface area contributed by atoms with Gasteiger partial charge < -0.3 is 4.42 Å². The van der Waals surface area contributed by atoms with Crippen LogP contribution in [0, 0.1) is 0 Å². The molecule has 4 heteroatoms. The largest absolute Gasteiger partial charge is 0.469 e. The molecule has 0 aliphatic carbocycles. The van der Waals surface area contributed by atoms with Crippen molar-refractivity contribution < 1.29 is 9.21 Å². The Morgan fingerprint density at radius 3 is 3.00 bits per heavy atom. The summed E-state index contributed by atoms with van der Waals surface area (Å²) in [4.78, 5) is 15.6. The summed E-state index contributed by atoms with van der Waals surface area (Å²) in [6.07, 6.45) is 4.76. The topological polar surface area (TPSA) is 43.1 Å². The molecular formula is C11H8ClNO2. The van der Waals surface area contributed by atoms with Crippen LogP contribution in [0.15, 0.2) is 41.3 Å². The van der Waals surface area contributed by atoms with E-state index in [-0.39, 0.29) is 12.2 Å². The molecule has 3 nitrogen and oxygen atoms in total. The molecule has 0 aliphatic heterocycles. The normalized spacial score (nSPS) is 10.2. The molecule has 0 N–H and O–H groups in total. The summed E-state index contributed by atoms with van der Waals surface area (Å²) in [6, 6.07) is 5.11. The van der Waals surface area contributed by atoms with Crippen molar-refractivity contribution in [2.24, 2.45) is 0 Å². The first-order valence-corrected chi connectivity index (χ1v) is 4.79. The Kier molecular flexibility index (Phi) is 2.83. The average molecular weight is 222 g/mol. The first-order valence-electron chi connectivity index (χ1n) is 4.42. The van der Waals surface area contributed by atoms with Crippen molar-refractivity contribution in [1.82, 2.24) is 4.98 Å². The number of carbonyl (C=O) groups excluding carboxylic acids is 1. The highest BCUT2D eigenvalue weighted by molar-refractivity contribution is 6.30. The van der Waals surface area contributed by atoms with E-state index in [0.29, 0.717) is 16.3 Å². The molecule has 2 aromatic heterocycles. The van der Waals surface area contributed by atoms with Crippen LogP contribution >= 0.6 is 11.6 Å². The van der Waals surface area contributed by atoms with E-state index < -0.39 is 0 Å². The number of carbonyl (C=O) groups is 1. The lowest BCUT2D eigenvalue weighted by molar-refractivity contribution is 0.0986. The van der Waals surface area contributed by atoms with Gasteiger partial charge in [-0.1, -0.05) is 11.6 Å². The van der Waals surface area contributed by atoms with Crippen LogP contribution in [0.5, 0.6) is 0 Å². The third-order valence-corrected chi connectivity index (χ3v) is 2.15. The van der Waals surface area contributed by atoms with Crippen molar-refractivity contribution in [1.29, 1.82) is 0 Å². The minimum Gasteiger partial charge on any atom is -0.469 e. The highest BCUT2D eigenvalue weighted by Crippen LogP contribution is 2.11. The van der Waals surface area contributed by atoms with Crippen LogP contribution in [0.25, 0.3) is 0 Å². The molecule has 0 radical (unpaired) electrons. The van der Waals surface area contributed by atoms with Crippen LogP contribution in [0.1, 0.15) is 16.1 Å². The fourth-order valence-corrected chi connectivity index (χ4v) is 1.41. The van der Waals surface area contributed by atoms with Gasteiger partial charge in [0.1, 0.15) is 5.76 Å². The van der Waals surface area contributed by atoms with Crippen LogP contribution in [0.3, 0.4) is 0 Å². The van der Waals surface area contributed by atoms with E-state index in [1.165, 1.54) is 12.4 Å². The molecule has 2 heterocycles. The third kappa shape index (κ3) is 2.44. The molecule has 2 aromatic rings. The van der Waals surface area contributed by atoms with Crippen molar-refractivity contribution >= 4 is 17.4 Å². The van der Waals surface area contributed by atoms with Crippen molar-refractivity contribution in [2.45, 2.75) is 6.42 Å². The molecule has 2 rings (SSSR count). The van der Waals surface area contributed by atoms with Crippen LogP contribution in [0.4, 0.5) is 0 Å². The summed E-state index contributed by atoms with van der Waals surface area (Å²) in [5, 5.41) is 0.459. The Balaban J connectivity index is 2.15. The van der Waals surface area contributed by atoms with E-state index in [1.54, 1.807) is 24.5 Å². The summed E-state index contributed by atoms with van der Waals surface area (Å²) in [7, 11) is 0. The molecule has 0 unspecified atom stereocenters. The van der Waals surface area contributed by atoms with Gasteiger partial charge >= 0.3 is 0 Å². The van der Waals surface area contributed by atoms with Gasteiger partial charge in [0.2, 0.25) is 0 Å². The second-order valence-electron chi connectivity index (χ2n) is 3.07. The monoisotopic (exact) mass is 221 g/mol. The number of aromatic nitrogens is 1. The zero-order valence-electron chi connectivity index (χ0n) is 7.81. The number of nitrogens with zero attached hydrogens (tertiary/aromatic N) is 1. The first-order chi connectivity index (χ1) is 7.25.